The Morgan fingerprint density at radius 3 is 1.88 bits per heavy atom. The average molecular weight is 118 g/mol. The van der Waals surface area contributed by atoms with Gasteiger partial charge in [0.15, 0.2) is 0 Å². The fourth-order valence-electron chi connectivity index (χ4n) is 0.183. The first kappa shape index (κ1) is 7.92. The van der Waals surface area contributed by atoms with Gasteiger partial charge in [-0.05, 0) is 12.8 Å². The molecule has 50 valence electrons. The van der Waals surface area contributed by atoms with Crippen LogP contribution in [0.3, 0.4) is 0 Å². The summed E-state index contributed by atoms with van der Waals surface area (Å²) in [5.41, 5.74) is -0.903. The monoisotopic (exact) mass is 118 g/mol. The maximum Gasteiger partial charge on any atom is 0.0872 e. The first-order valence-corrected chi connectivity index (χ1v) is 2.84. The quantitative estimate of drug-likeness (QED) is 0.550. The van der Waals surface area contributed by atoms with E-state index in [9.17, 15) is 0 Å². The molecule has 0 radical (unpaired) electrons. The van der Waals surface area contributed by atoms with Crippen molar-refractivity contribution >= 4 is 0 Å². The summed E-state index contributed by atoms with van der Waals surface area (Å²) in [6, 6.07) is 0. The van der Waals surface area contributed by atoms with Gasteiger partial charge in [0, 0.05) is 0 Å². The van der Waals surface area contributed by atoms with Crippen LogP contribution in [-0.2, 0) is 0 Å². The number of aliphatic hydroxyl groups is 2. The molecule has 2 heteroatoms. The molecule has 0 rings (SSSR count). The molecule has 0 aromatic rings. The molecule has 1 unspecified atom stereocenters. The number of hydrogen-bond acceptors (Lipinski definition) is 2. The molecule has 0 aliphatic rings. The molecule has 0 spiro atoms. The van der Waals surface area contributed by atoms with Gasteiger partial charge in [0.1, 0.15) is 0 Å². The molecule has 1 atom stereocenters. The Morgan fingerprint density at radius 2 is 1.88 bits per heavy atom. The Bertz CT molecular complexity index is 66.9. The molecule has 0 saturated heterocycles. The third-order valence-corrected chi connectivity index (χ3v) is 1.56. The molecule has 0 saturated carbocycles. The van der Waals surface area contributed by atoms with Crippen LogP contribution in [0, 0.1) is 5.92 Å². The topological polar surface area (TPSA) is 40.5 Å². The van der Waals surface area contributed by atoms with E-state index < -0.39 is 5.60 Å². The van der Waals surface area contributed by atoms with E-state index in [-0.39, 0.29) is 12.5 Å². The zero-order chi connectivity index (χ0) is 6.78. The van der Waals surface area contributed by atoms with Gasteiger partial charge in [-0.15, -0.1) is 0 Å². The second-order valence-corrected chi connectivity index (χ2v) is 2.67. The maximum atomic E-state index is 9.15. The summed E-state index contributed by atoms with van der Waals surface area (Å²) in [5.74, 6) is 0.118. The number of rotatable bonds is 2. The van der Waals surface area contributed by atoms with Crippen LogP contribution < -0.4 is 0 Å². The Balaban J connectivity index is 3.71. The Labute approximate surface area is 50.2 Å². The predicted molar refractivity (Wildman–Crippen MR) is 32.5 cm³/mol. The second-order valence-electron chi connectivity index (χ2n) is 2.67. The van der Waals surface area contributed by atoms with Gasteiger partial charge >= 0.3 is 0 Å². The summed E-state index contributed by atoms with van der Waals surface area (Å²) >= 11 is 0. The van der Waals surface area contributed by atoms with Crippen LogP contribution in [-0.4, -0.2) is 22.4 Å². The van der Waals surface area contributed by atoms with Crippen LogP contribution in [0.15, 0.2) is 0 Å². The van der Waals surface area contributed by atoms with Gasteiger partial charge in [-0.3, -0.25) is 0 Å². The van der Waals surface area contributed by atoms with Crippen LogP contribution in [0.4, 0.5) is 0 Å². The average Bonchev–Trinajstić information content (AvgIpc) is 1.67. The molecule has 0 aliphatic heterocycles. The molecule has 8 heavy (non-hydrogen) atoms. The first-order valence-electron chi connectivity index (χ1n) is 2.84. The van der Waals surface area contributed by atoms with Crippen LogP contribution in [0.5, 0.6) is 0 Å². The van der Waals surface area contributed by atoms with Crippen molar-refractivity contribution in [2.24, 2.45) is 5.92 Å². The van der Waals surface area contributed by atoms with Crippen molar-refractivity contribution in [3.8, 4) is 0 Å². The van der Waals surface area contributed by atoms with Gasteiger partial charge in [-0.25, -0.2) is 0 Å². The summed E-state index contributed by atoms with van der Waals surface area (Å²) in [6.07, 6.45) is 0. The van der Waals surface area contributed by atoms with Crippen molar-refractivity contribution in [3.05, 3.63) is 0 Å². The van der Waals surface area contributed by atoms with Gasteiger partial charge in [0.25, 0.3) is 0 Å². The highest BCUT2D eigenvalue weighted by molar-refractivity contribution is 4.73. The third-order valence-electron chi connectivity index (χ3n) is 1.56. The van der Waals surface area contributed by atoms with Crippen molar-refractivity contribution < 1.29 is 10.2 Å². The molecule has 0 aromatic carbocycles. The molecule has 0 bridgehead atoms. The molecule has 0 aliphatic carbocycles. The lowest BCUT2D eigenvalue weighted by Crippen LogP contribution is -2.34. The highest BCUT2D eigenvalue weighted by atomic mass is 16.3. The lowest BCUT2D eigenvalue weighted by molar-refractivity contribution is -0.0350. The molecule has 0 amide bonds. The van der Waals surface area contributed by atoms with E-state index in [4.69, 9.17) is 10.2 Å². The number of aliphatic hydroxyl groups excluding tert-OH is 1. The Hall–Kier alpha value is -0.0800. The highest BCUT2D eigenvalue weighted by Crippen LogP contribution is 2.13. The van der Waals surface area contributed by atoms with Gasteiger partial charge in [0.2, 0.25) is 0 Å². The van der Waals surface area contributed by atoms with Crippen molar-refractivity contribution in [3.63, 3.8) is 0 Å². The smallest absolute Gasteiger partial charge is 0.0872 e. The molecular formula is C6H14O2. The third kappa shape index (κ3) is 1.80. The normalized spacial score (nSPS) is 18.8. The summed E-state index contributed by atoms with van der Waals surface area (Å²) in [5, 5.41) is 17.7. The van der Waals surface area contributed by atoms with E-state index in [1.54, 1.807) is 6.92 Å². The standard InChI is InChI=1S/C6H14O2/c1-5(2)6(3,8)4-7/h5,7-8H,4H2,1-3H3. The SMILES string of the molecule is CC(C)C(C)(O)CO. The molecule has 0 aromatic heterocycles. The van der Waals surface area contributed by atoms with E-state index in [0.29, 0.717) is 0 Å². The first-order chi connectivity index (χ1) is 3.50. The summed E-state index contributed by atoms with van der Waals surface area (Å²) in [4.78, 5) is 0. The Kier molecular flexibility index (Phi) is 2.44. The number of hydrogen-bond donors (Lipinski definition) is 2. The summed E-state index contributed by atoms with van der Waals surface area (Å²) in [7, 11) is 0. The van der Waals surface area contributed by atoms with Crippen LogP contribution >= 0.6 is 0 Å². The minimum Gasteiger partial charge on any atom is -0.393 e. The molecule has 0 heterocycles. The van der Waals surface area contributed by atoms with Crippen molar-refractivity contribution in [2.75, 3.05) is 6.61 Å². The largest absolute Gasteiger partial charge is 0.393 e. The van der Waals surface area contributed by atoms with Crippen LogP contribution in [0.2, 0.25) is 0 Å². The Morgan fingerprint density at radius 1 is 1.50 bits per heavy atom. The summed E-state index contributed by atoms with van der Waals surface area (Å²) in [6.45, 7) is 5.20. The highest BCUT2D eigenvalue weighted by Gasteiger charge is 2.22. The van der Waals surface area contributed by atoms with Gasteiger partial charge in [-0.1, -0.05) is 13.8 Å². The van der Waals surface area contributed by atoms with Crippen LogP contribution in [0.1, 0.15) is 20.8 Å². The fourth-order valence-corrected chi connectivity index (χ4v) is 0.183. The summed E-state index contributed by atoms with van der Waals surface area (Å²) < 4.78 is 0. The minimum absolute atomic E-state index is 0.118. The van der Waals surface area contributed by atoms with Crippen molar-refractivity contribution in [2.45, 2.75) is 26.4 Å². The molecule has 2 N–H and O–H groups in total. The predicted octanol–water partition coefficient (Wildman–Crippen LogP) is 0.386. The van der Waals surface area contributed by atoms with Crippen molar-refractivity contribution in [1.82, 2.24) is 0 Å². The van der Waals surface area contributed by atoms with E-state index in [1.165, 1.54) is 0 Å². The molecule has 0 fully saturated rings. The van der Waals surface area contributed by atoms with Crippen LogP contribution in [0.25, 0.3) is 0 Å². The molecular weight excluding hydrogens is 104 g/mol. The van der Waals surface area contributed by atoms with Gasteiger partial charge in [0.05, 0.1) is 12.2 Å². The molecule has 2 nitrogen and oxygen atoms in total. The second kappa shape index (κ2) is 2.46. The van der Waals surface area contributed by atoms with Gasteiger partial charge in [-0.2, -0.15) is 0 Å². The van der Waals surface area contributed by atoms with Crippen molar-refractivity contribution in [1.29, 1.82) is 0 Å². The minimum atomic E-state index is -0.903. The van der Waals surface area contributed by atoms with E-state index in [1.807, 2.05) is 13.8 Å². The maximum absolute atomic E-state index is 9.15. The lowest BCUT2D eigenvalue weighted by atomic mass is 9.94. The van der Waals surface area contributed by atoms with E-state index >= 15 is 0 Å². The zero-order valence-electron chi connectivity index (χ0n) is 5.68. The van der Waals surface area contributed by atoms with E-state index in [2.05, 4.69) is 0 Å². The van der Waals surface area contributed by atoms with E-state index in [0.717, 1.165) is 0 Å². The fraction of sp³-hybridized carbons (Fsp3) is 1.00. The zero-order valence-corrected chi connectivity index (χ0v) is 5.68. The lowest BCUT2D eigenvalue weighted by Gasteiger charge is -2.24. The van der Waals surface area contributed by atoms with Gasteiger partial charge < -0.3 is 10.2 Å².